The second-order valence-corrected chi connectivity index (χ2v) is 9.88. The van der Waals surface area contributed by atoms with Crippen molar-refractivity contribution >= 4 is 46.1 Å². The monoisotopic (exact) mass is 459 g/mol. The van der Waals surface area contributed by atoms with Gasteiger partial charge in [0.1, 0.15) is 27.1 Å². The van der Waals surface area contributed by atoms with Gasteiger partial charge in [0.15, 0.2) is 5.58 Å². The molecule has 0 unspecified atom stereocenters. The molecule has 0 bridgehead atoms. The Hall–Kier alpha value is -2.83. The number of carbonyl (C=O) groups is 1. The molecule has 8 nitrogen and oxygen atoms in total. The molecule has 1 amide bonds. The summed E-state index contributed by atoms with van der Waals surface area (Å²) in [5.41, 5.74) is 1.36. The van der Waals surface area contributed by atoms with Gasteiger partial charge in [0.05, 0.1) is 11.8 Å². The second kappa shape index (κ2) is 8.02. The first-order chi connectivity index (χ1) is 14.6. The second-order valence-electron chi connectivity index (χ2n) is 8.41. The molecule has 3 heterocycles. The lowest BCUT2D eigenvalue weighted by Gasteiger charge is -2.39. The summed E-state index contributed by atoms with van der Waals surface area (Å²) in [5, 5.41) is 10.3. The average molecular weight is 460 g/mol. The zero-order valence-electron chi connectivity index (χ0n) is 17.7. The van der Waals surface area contributed by atoms with E-state index in [0.717, 1.165) is 0 Å². The Morgan fingerprint density at radius 2 is 2.16 bits per heavy atom. The van der Waals surface area contributed by atoms with Gasteiger partial charge >= 0.3 is 6.09 Å². The summed E-state index contributed by atoms with van der Waals surface area (Å²) in [6.07, 6.45) is 1.21. The van der Waals surface area contributed by atoms with Crippen molar-refractivity contribution in [2.75, 3.05) is 24.5 Å². The van der Waals surface area contributed by atoms with Crippen molar-refractivity contribution < 1.29 is 13.9 Å². The molecule has 0 radical (unpaired) electrons. The summed E-state index contributed by atoms with van der Waals surface area (Å²) < 4.78 is 11.6. The number of aromatic nitrogens is 2. The van der Waals surface area contributed by atoms with Crippen LogP contribution in [0.15, 0.2) is 22.7 Å². The molecular formula is C21H22ClN5O3S. The minimum atomic E-state index is -0.533. The van der Waals surface area contributed by atoms with E-state index in [0.29, 0.717) is 57.2 Å². The number of piperazine rings is 1. The van der Waals surface area contributed by atoms with Crippen LogP contribution in [0, 0.1) is 11.3 Å². The normalized spacial score (nSPS) is 17.1. The zero-order valence-corrected chi connectivity index (χ0v) is 19.3. The van der Waals surface area contributed by atoms with Crippen molar-refractivity contribution in [3.05, 3.63) is 28.2 Å². The van der Waals surface area contributed by atoms with Crippen LogP contribution < -0.4 is 4.90 Å². The van der Waals surface area contributed by atoms with Crippen LogP contribution >= 0.6 is 22.9 Å². The molecule has 0 aliphatic carbocycles. The van der Waals surface area contributed by atoms with E-state index in [1.165, 1.54) is 17.5 Å². The zero-order chi connectivity index (χ0) is 22.3. The van der Waals surface area contributed by atoms with Gasteiger partial charge in [-0.2, -0.15) is 10.2 Å². The molecule has 1 saturated heterocycles. The maximum atomic E-state index is 12.4. The van der Waals surface area contributed by atoms with E-state index in [-0.39, 0.29) is 12.1 Å². The first-order valence-corrected chi connectivity index (χ1v) is 11.0. The Kier molecular flexibility index (Phi) is 5.54. The molecule has 0 saturated carbocycles. The number of benzene rings is 1. The number of nitriles is 1. The maximum Gasteiger partial charge on any atom is 0.410 e. The molecule has 1 aromatic carbocycles. The van der Waals surface area contributed by atoms with Gasteiger partial charge in [-0.3, -0.25) is 0 Å². The van der Waals surface area contributed by atoms with Crippen LogP contribution in [0.2, 0.25) is 5.02 Å². The molecule has 4 rings (SSSR count). The van der Waals surface area contributed by atoms with Gasteiger partial charge < -0.3 is 19.0 Å². The van der Waals surface area contributed by atoms with E-state index in [1.807, 2.05) is 32.6 Å². The lowest BCUT2D eigenvalue weighted by atomic mass is 10.2. The molecule has 1 aliphatic heterocycles. The van der Waals surface area contributed by atoms with Gasteiger partial charge in [-0.25, -0.2) is 9.78 Å². The SMILES string of the molecule is C[C@H]1CN(C(=O)OC(C)(C)C)CCN1c1nc2cc(Cl)cc(-c3ncc(C#N)s3)c2o1. The first kappa shape index (κ1) is 21.4. The van der Waals surface area contributed by atoms with Crippen LogP contribution in [-0.4, -0.2) is 52.2 Å². The van der Waals surface area contributed by atoms with Crippen LogP contribution in [0.3, 0.4) is 0 Å². The number of fused-ring (bicyclic) bond motifs is 1. The van der Waals surface area contributed by atoms with Crippen molar-refractivity contribution in [2.24, 2.45) is 0 Å². The van der Waals surface area contributed by atoms with E-state index >= 15 is 0 Å². The van der Waals surface area contributed by atoms with E-state index in [1.54, 1.807) is 17.0 Å². The van der Waals surface area contributed by atoms with Crippen molar-refractivity contribution in [2.45, 2.75) is 39.3 Å². The molecular weight excluding hydrogens is 438 g/mol. The predicted octanol–water partition coefficient (Wildman–Crippen LogP) is 4.92. The van der Waals surface area contributed by atoms with E-state index < -0.39 is 5.60 Å². The fourth-order valence-electron chi connectivity index (χ4n) is 3.45. The molecule has 31 heavy (non-hydrogen) atoms. The Morgan fingerprint density at radius 3 is 2.81 bits per heavy atom. The molecule has 3 aromatic rings. The van der Waals surface area contributed by atoms with E-state index in [4.69, 9.17) is 26.0 Å². The first-order valence-electron chi connectivity index (χ1n) is 9.85. The van der Waals surface area contributed by atoms with Gasteiger partial charge in [0, 0.05) is 30.7 Å². The van der Waals surface area contributed by atoms with Crippen molar-refractivity contribution in [3.8, 4) is 16.6 Å². The minimum Gasteiger partial charge on any atom is -0.444 e. The summed E-state index contributed by atoms with van der Waals surface area (Å²) in [4.78, 5) is 25.6. The van der Waals surface area contributed by atoms with Crippen molar-refractivity contribution in [3.63, 3.8) is 0 Å². The van der Waals surface area contributed by atoms with Crippen LogP contribution in [0.1, 0.15) is 32.6 Å². The molecule has 0 spiro atoms. The number of nitrogens with zero attached hydrogens (tertiary/aromatic N) is 5. The Labute approximate surface area is 189 Å². The topological polar surface area (TPSA) is 95.5 Å². The van der Waals surface area contributed by atoms with Gasteiger partial charge in [-0.15, -0.1) is 11.3 Å². The van der Waals surface area contributed by atoms with Crippen LogP contribution in [-0.2, 0) is 4.74 Å². The highest BCUT2D eigenvalue weighted by Crippen LogP contribution is 2.37. The van der Waals surface area contributed by atoms with Gasteiger partial charge in [-0.1, -0.05) is 11.6 Å². The van der Waals surface area contributed by atoms with Gasteiger partial charge in [0.25, 0.3) is 6.01 Å². The summed E-state index contributed by atoms with van der Waals surface area (Å²) in [7, 11) is 0. The Balaban J connectivity index is 1.60. The van der Waals surface area contributed by atoms with Gasteiger partial charge in [0.2, 0.25) is 0 Å². The fourth-order valence-corrected chi connectivity index (χ4v) is 4.39. The number of carbonyl (C=O) groups excluding carboxylic acids is 1. The molecule has 10 heteroatoms. The number of rotatable bonds is 2. The summed E-state index contributed by atoms with van der Waals surface area (Å²) in [6, 6.07) is 6.06. The third-order valence-corrected chi connectivity index (χ3v) is 5.97. The lowest BCUT2D eigenvalue weighted by Crippen LogP contribution is -2.54. The largest absolute Gasteiger partial charge is 0.444 e. The predicted molar refractivity (Wildman–Crippen MR) is 119 cm³/mol. The molecule has 162 valence electrons. The number of anilines is 1. The summed E-state index contributed by atoms with van der Waals surface area (Å²) in [6.45, 7) is 9.14. The molecule has 1 aliphatic rings. The quantitative estimate of drug-likeness (QED) is 0.536. The maximum absolute atomic E-state index is 12.4. The smallest absolute Gasteiger partial charge is 0.410 e. The number of thiazole rings is 1. The number of halogens is 1. The van der Waals surface area contributed by atoms with E-state index in [9.17, 15) is 4.79 Å². The van der Waals surface area contributed by atoms with Crippen LogP contribution in [0.25, 0.3) is 21.7 Å². The fraction of sp³-hybridized carbons (Fsp3) is 0.429. The molecule has 1 fully saturated rings. The number of hydrogen-bond donors (Lipinski definition) is 0. The Bertz CT molecular complexity index is 1180. The third kappa shape index (κ3) is 4.45. The van der Waals surface area contributed by atoms with Crippen molar-refractivity contribution in [1.82, 2.24) is 14.9 Å². The third-order valence-electron chi connectivity index (χ3n) is 4.81. The van der Waals surface area contributed by atoms with Crippen LogP contribution in [0.5, 0.6) is 0 Å². The number of amides is 1. The standard InChI is InChI=1S/C21H22ClN5O3S/c1-12-11-26(20(28)30-21(2,3)4)5-6-27(12)19-25-16-8-13(22)7-15(17(16)29-19)18-24-10-14(9-23)31-18/h7-8,10,12H,5-6,11H2,1-4H3/t12-/m0/s1. The molecule has 1 atom stereocenters. The molecule has 2 aromatic heterocycles. The minimum absolute atomic E-state index is 0.0155. The van der Waals surface area contributed by atoms with Gasteiger partial charge in [-0.05, 0) is 39.8 Å². The highest BCUT2D eigenvalue weighted by Gasteiger charge is 2.32. The summed E-state index contributed by atoms with van der Waals surface area (Å²) in [5.74, 6) is 0. The highest BCUT2D eigenvalue weighted by molar-refractivity contribution is 7.15. The number of ether oxygens (including phenoxy) is 1. The lowest BCUT2D eigenvalue weighted by molar-refractivity contribution is 0.0216. The van der Waals surface area contributed by atoms with Crippen molar-refractivity contribution in [1.29, 1.82) is 5.26 Å². The highest BCUT2D eigenvalue weighted by atomic mass is 35.5. The van der Waals surface area contributed by atoms with Crippen LogP contribution in [0.4, 0.5) is 10.8 Å². The average Bonchev–Trinajstić information content (AvgIpc) is 3.32. The molecule has 0 N–H and O–H groups in total. The number of oxazole rings is 1. The summed E-state index contributed by atoms with van der Waals surface area (Å²) >= 11 is 7.58. The van der Waals surface area contributed by atoms with E-state index in [2.05, 4.69) is 16.0 Å². The number of hydrogen-bond acceptors (Lipinski definition) is 8. The Morgan fingerprint density at radius 1 is 1.39 bits per heavy atom.